The number of anilines is 1. The molecule has 0 aliphatic carbocycles. The first-order chi connectivity index (χ1) is 15.4. The number of ether oxygens (including phenoxy) is 3. The van der Waals surface area contributed by atoms with E-state index in [9.17, 15) is 9.59 Å². The second-order valence-corrected chi connectivity index (χ2v) is 8.15. The number of methoxy groups -OCH3 is 1. The van der Waals surface area contributed by atoms with Crippen molar-refractivity contribution < 1.29 is 23.8 Å². The molecule has 2 aliphatic rings. The first-order valence-corrected chi connectivity index (χ1v) is 10.7. The van der Waals surface area contributed by atoms with Crippen LogP contribution in [0.3, 0.4) is 0 Å². The second kappa shape index (κ2) is 9.26. The molecular weight excluding hydrogens is 408 g/mol. The molecule has 2 aliphatic heterocycles. The van der Waals surface area contributed by atoms with E-state index < -0.39 is 5.97 Å². The van der Waals surface area contributed by atoms with E-state index in [0.717, 1.165) is 24.2 Å². The highest BCUT2D eigenvalue weighted by molar-refractivity contribution is 6.13. The van der Waals surface area contributed by atoms with Crippen LogP contribution in [0, 0.1) is 5.92 Å². The lowest BCUT2D eigenvalue weighted by Gasteiger charge is -2.15. The van der Waals surface area contributed by atoms with Gasteiger partial charge in [0.25, 0.3) is 0 Å². The Balaban J connectivity index is 1.55. The van der Waals surface area contributed by atoms with Gasteiger partial charge in [-0.05, 0) is 60.4 Å². The summed E-state index contributed by atoms with van der Waals surface area (Å²) in [5.41, 5.74) is 2.47. The van der Waals surface area contributed by atoms with Crippen LogP contribution in [0.1, 0.15) is 37.8 Å². The second-order valence-electron chi connectivity index (χ2n) is 8.15. The van der Waals surface area contributed by atoms with Crippen LogP contribution in [0.4, 0.5) is 5.69 Å². The Morgan fingerprint density at radius 1 is 1.12 bits per heavy atom. The summed E-state index contributed by atoms with van der Waals surface area (Å²) in [4.78, 5) is 30.5. The number of carbonyl (C=O) groups is 2. The maximum Gasteiger partial charge on any atom is 0.363 e. The maximum absolute atomic E-state index is 12.4. The molecule has 2 aromatic carbocycles. The predicted octanol–water partition coefficient (Wildman–Crippen LogP) is 4.20. The summed E-state index contributed by atoms with van der Waals surface area (Å²) in [6, 6.07) is 12.7. The monoisotopic (exact) mass is 434 g/mol. The third kappa shape index (κ3) is 4.66. The summed E-state index contributed by atoms with van der Waals surface area (Å²) in [5.74, 6) is 1.46. The SMILES string of the molecule is COc1ccc(C=C2N=C(c3ccc(N4CCCC4=O)cc3)OC2=O)cc1OCC(C)C. The minimum atomic E-state index is -0.515. The molecule has 166 valence electrons. The van der Waals surface area contributed by atoms with E-state index in [-0.39, 0.29) is 17.5 Å². The number of nitrogens with zero attached hydrogens (tertiary/aromatic N) is 2. The average molecular weight is 434 g/mol. The zero-order valence-electron chi connectivity index (χ0n) is 18.5. The lowest BCUT2D eigenvalue weighted by molar-refractivity contribution is -0.130. The summed E-state index contributed by atoms with van der Waals surface area (Å²) < 4.78 is 16.6. The van der Waals surface area contributed by atoms with E-state index >= 15 is 0 Å². The fraction of sp³-hybridized carbons (Fsp3) is 0.320. The molecule has 0 atom stereocenters. The maximum atomic E-state index is 12.4. The molecule has 2 aromatic rings. The van der Waals surface area contributed by atoms with Crippen LogP contribution in [0.2, 0.25) is 0 Å². The van der Waals surface area contributed by atoms with Crippen LogP contribution in [-0.2, 0) is 14.3 Å². The highest BCUT2D eigenvalue weighted by atomic mass is 16.6. The Labute approximate surface area is 187 Å². The molecule has 7 heteroatoms. The fourth-order valence-electron chi connectivity index (χ4n) is 3.55. The van der Waals surface area contributed by atoms with Gasteiger partial charge in [0.2, 0.25) is 11.8 Å². The van der Waals surface area contributed by atoms with Gasteiger partial charge in [0.1, 0.15) is 0 Å². The molecule has 0 aromatic heterocycles. The number of hydrogen-bond acceptors (Lipinski definition) is 6. The van der Waals surface area contributed by atoms with E-state index in [0.29, 0.717) is 36.0 Å². The third-order valence-electron chi connectivity index (χ3n) is 5.18. The van der Waals surface area contributed by atoms with Crippen molar-refractivity contribution in [3.63, 3.8) is 0 Å². The smallest absolute Gasteiger partial charge is 0.363 e. The molecule has 2 heterocycles. The van der Waals surface area contributed by atoms with Crippen LogP contribution in [0.5, 0.6) is 11.5 Å². The van der Waals surface area contributed by atoms with E-state index in [1.54, 1.807) is 36.3 Å². The van der Waals surface area contributed by atoms with Crippen LogP contribution in [0.15, 0.2) is 53.2 Å². The lowest BCUT2D eigenvalue weighted by Crippen LogP contribution is -2.23. The van der Waals surface area contributed by atoms with Crippen molar-refractivity contribution in [2.75, 3.05) is 25.2 Å². The predicted molar refractivity (Wildman–Crippen MR) is 122 cm³/mol. The highest BCUT2D eigenvalue weighted by Crippen LogP contribution is 2.30. The van der Waals surface area contributed by atoms with Gasteiger partial charge in [-0.1, -0.05) is 19.9 Å². The largest absolute Gasteiger partial charge is 0.493 e. The molecule has 7 nitrogen and oxygen atoms in total. The van der Waals surface area contributed by atoms with Gasteiger partial charge in [-0.3, -0.25) is 4.79 Å². The van der Waals surface area contributed by atoms with Crippen molar-refractivity contribution in [1.82, 2.24) is 0 Å². The average Bonchev–Trinajstić information content (AvgIpc) is 3.38. The molecule has 0 bridgehead atoms. The van der Waals surface area contributed by atoms with Gasteiger partial charge < -0.3 is 19.1 Å². The van der Waals surface area contributed by atoms with Crippen LogP contribution in [0.25, 0.3) is 6.08 Å². The molecule has 0 saturated carbocycles. The highest BCUT2D eigenvalue weighted by Gasteiger charge is 2.25. The summed E-state index contributed by atoms with van der Waals surface area (Å²) in [6.07, 6.45) is 3.11. The molecule has 1 fully saturated rings. The molecule has 4 rings (SSSR count). The Bertz CT molecular complexity index is 1090. The van der Waals surface area contributed by atoms with Gasteiger partial charge in [0.15, 0.2) is 17.2 Å². The molecular formula is C25H26N2O5. The Morgan fingerprint density at radius 2 is 1.91 bits per heavy atom. The van der Waals surface area contributed by atoms with Crippen molar-refractivity contribution in [3.05, 3.63) is 59.3 Å². The molecule has 0 spiro atoms. The van der Waals surface area contributed by atoms with Crippen molar-refractivity contribution in [2.24, 2.45) is 10.9 Å². The normalized spacial score (nSPS) is 17.2. The Morgan fingerprint density at radius 3 is 2.56 bits per heavy atom. The van der Waals surface area contributed by atoms with Gasteiger partial charge >= 0.3 is 5.97 Å². The van der Waals surface area contributed by atoms with Gasteiger partial charge in [-0.25, -0.2) is 9.79 Å². The minimum absolute atomic E-state index is 0.129. The summed E-state index contributed by atoms with van der Waals surface area (Å²) in [6.45, 7) is 5.42. The molecule has 0 N–H and O–H groups in total. The number of hydrogen-bond donors (Lipinski definition) is 0. The standard InChI is InChI=1S/C25H26N2O5/c1-16(2)15-31-22-14-17(6-11-21(22)30-3)13-20-25(29)32-24(26-20)18-7-9-19(10-8-18)27-12-4-5-23(27)28/h6-11,13-14,16H,4-5,12,15H2,1-3H3. The van der Waals surface area contributed by atoms with E-state index in [1.807, 2.05) is 24.3 Å². The van der Waals surface area contributed by atoms with Crippen LogP contribution < -0.4 is 14.4 Å². The molecule has 1 saturated heterocycles. The van der Waals surface area contributed by atoms with Crippen LogP contribution >= 0.6 is 0 Å². The van der Waals surface area contributed by atoms with Crippen molar-refractivity contribution in [3.8, 4) is 11.5 Å². The van der Waals surface area contributed by atoms with E-state index in [2.05, 4.69) is 18.8 Å². The number of cyclic esters (lactones) is 1. The summed E-state index contributed by atoms with van der Waals surface area (Å²) in [5, 5.41) is 0. The summed E-state index contributed by atoms with van der Waals surface area (Å²) in [7, 11) is 1.59. The van der Waals surface area contributed by atoms with Gasteiger partial charge in [-0.2, -0.15) is 0 Å². The minimum Gasteiger partial charge on any atom is -0.493 e. The number of amides is 1. The molecule has 1 amide bonds. The summed E-state index contributed by atoms with van der Waals surface area (Å²) >= 11 is 0. The number of benzene rings is 2. The Kier molecular flexibility index (Phi) is 6.25. The van der Waals surface area contributed by atoms with E-state index in [4.69, 9.17) is 14.2 Å². The van der Waals surface area contributed by atoms with Gasteiger partial charge in [0.05, 0.1) is 13.7 Å². The van der Waals surface area contributed by atoms with Crippen molar-refractivity contribution >= 4 is 29.5 Å². The van der Waals surface area contributed by atoms with Crippen LogP contribution in [-0.4, -0.2) is 38.0 Å². The topological polar surface area (TPSA) is 77.4 Å². The first-order valence-electron chi connectivity index (χ1n) is 10.7. The zero-order valence-corrected chi connectivity index (χ0v) is 18.5. The number of aliphatic imine (C=N–C) groups is 1. The molecule has 0 unspecified atom stereocenters. The third-order valence-corrected chi connectivity index (χ3v) is 5.18. The zero-order chi connectivity index (χ0) is 22.7. The quantitative estimate of drug-likeness (QED) is 0.482. The van der Waals surface area contributed by atoms with Crippen molar-refractivity contribution in [1.29, 1.82) is 0 Å². The van der Waals surface area contributed by atoms with Crippen molar-refractivity contribution in [2.45, 2.75) is 26.7 Å². The van der Waals surface area contributed by atoms with Gasteiger partial charge in [-0.15, -0.1) is 0 Å². The number of rotatable bonds is 7. The lowest BCUT2D eigenvalue weighted by atomic mass is 10.1. The first kappa shape index (κ1) is 21.6. The van der Waals surface area contributed by atoms with Gasteiger partial charge in [0, 0.05) is 24.2 Å². The Hall–Kier alpha value is -3.61. The fourth-order valence-corrected chi connectivity index (χ4v) is 3.55. The van der Waals surface area contributed by atoms with E-state index in [1.165, 1.54) is 0 Å². The number of esters is 1. The molecule has 0 radical (unpaired) electrons. The number of carbonyl (C=O) groups excluding carboxylic acids is 2. The molecule has 32 heavy (non-hydrogen) atoms.